The molecule has 1 aromatic heterocycles. The number of nitrogens with zero attached hydrogens (tertiary/aromatic N) is 2. The Bertz CT molecular complexity index is 999. The van der Waals surface area contributed by atoms with Gasteiger partial charge in [0.05, 0.1) is 0 Å². The van der Waals surface area contributed by atoms with Crippen molar-refractivity contribution in [1.29, 1.82) is 0 Å². The van der Waals surface area contributed by atoms with Crippen LogP contribution in [0.5, 0.6) is 0 Å². The van der Waals surface area contributed by atoms with E-state index in [1.165, 1.54) is 23.1 Å². The second-order valence-electron chi connectivity index (χ2n) is 7.10. The van der Waals surface area contributed by atoms with Crippen LogP contribution < -0.4 is 0 Å². The zero-order valence-electron chi connectivity index (χ0n) is 16.2. The third-order valence-corrected chi connectivity index (χ3v) is 7.10. The second-order valence-corrected chi connectivity index (χ2v) is 9.01. The van der Waals surface area contributed by atoms with Crippen LogP contribution in [-0.2, 0) is 0 Å². The average molecular weight is 423 g/mol. The molecule has 1 atom stereocenters. The van der Waals surface area contributed by atoms with E-state index >= 15 is 0 Å². The fourth-order valence-corrected chi connectivity index (χ4v) is 4.92. The van der Waals surface area contributed by atoms with E-state index in [9.17, 15) is 9.59 Å². The molecule has 0 radical (unpaired) electrons. The Labute approximate surface area is 179 Å². The lowest BCUT2D eigenvalue weighted by molar-refractivity contribution is 0.0632. The highest BCUT2D eigenvalue weighted by Crippen LogP contribution is 2.26. The monoisotopic (exact) mass is 422 g/mol. The van der Waals surface area contributed by atoms with Crippen LogP contribution in [0, 0.1) is 5.92 Å². The molecule has 2 heterocycles. The minimum atomic E-state index is -0.158. The second kappa shape index (κ2) is 8.93. The summed E-state index contributed by atoms with van der Waals surface area (Å²) in [5.74, 6) is -0.113. The minimum Gasteiger partial charge on any atom is -0.337 e. The molecule has 0 N–H and O–H groups in total. The van der Waals surface area contributed by atoms with Crippen LogP contribution in [0.25, 0.3) is 11.1 Å². The summed E-state index contributed by atoms with van der Waals surface area (Å²) in [6.07, 6.45) is 3.60. The normalized spacial score (nSPS) is 16.6. The first-order valence-corrected chi connectivity index (χ1v) is 11.7. The highest BCUT2D eigenvalue weighted by molar-refractivity contribution is 8.00. The topological polar surface area (TPSA) is 50.3 Å². The Morgan fingerprint density at radius 3 is 2.48 bits per heavy atom. The summed E-state index contributed by atoms with van der Waals surface area (Å²) in [5.41, 5.74) is 3.42. The molecule has 1 aliphatic rings. The van der Waals surface area contributed by atoms with E-state index in [0.29, 0.717) is 24.3 Å². The number of likely N-dealkylation sites (tertiary alicyclic amines) is 1. The molecule has 3 aromatic rings. The van der Waals surface area contributed by atoms with E-state index in [4.69, 9.17) is 0 Å². The van der Waals surface area contributed by atoms with Gasteiger partial charge in [0, 0.05) is 30.0 Å². The van der Waals surface area contributed by atoms with Crippen LogP contribution in [0.1, 0.15) is 33.7 Å². The third-order valence-electron chi connectivity index (χ3n) is 5.23. The van der Waals surface area contributed by atoms with Gasteiger partial charge in [-0.3, -0.25) is 9.59 Å². The molecule has 4 nitrogen and oxygen atoms in total. The maximum Gasteiger partial charge on any atom is 0.273 e. The van der Waals surface area contributed by atoms with Crippen LogP contribution >= 0.6 is 23.1 Å². The number of hydrogen-bond donors (Lipinski definition) is 0. The number of ketones is 1. The van der Waals surface area contributed by atoms with E-state index in [1.807, 2.05) is 54.1 Å². The number of Topliss-reactive ketones (excluding diaryl/α,β-unsaturated/α-hetero) is 1. The largest absolute Gasteiger partial charge is 0.337 e. The average Bonchev–Trinajstić information content (AvgIpc) is 3.28. The molecule has 1 fully saturated rings. The number of benzene rings is 2. The quantitative estimate of drug-likeness (QED) is 0.415. The van der Waals surface area contributed by atoms with Crippen LogP contribution in [0.3, 0.4) is 0 Å². The summed E-state index contributed by atoms with van der Waals surface area (Å²) in [5, 5.41) is 1.81. The van der Waals surface area contributed by atoms with Crippen molar-refractivity contribution in [3.05, 3.63) is 71.2 Å². The third kappa shape index (κ3) is 4.43. The number of thiazole rings is 1. The molecule has 0 spiro atoms. The molecule has 0 bridgehead atoms. The summed E-state index contributed by atoms with van der Waals surface area (Å²) in [7, 11) is 0. The highest BCUT2D eigenvalue weighted by Gasteiger charge is 2.30. The Hall–Kier alpha value is -2.44. The molecular weight excluding hydrogens is 400 g/mol. The summed E-state index contributed by atoms with van der Waals surface area (Å²) in [6, 6.07) is 17.9. The lowest BCUT2D eigenvalue weighted by atomic mass is 9.89. The molecule has 4 rings (SSSR count). The standard InChI is InChI=1S/C23H22N2O2S2/c1-28-23-24-20(15-29-23)22(27)25-13-5-8-19(14-25)21(26)18-11-9-17(10-12-18)16-6-3-2-4-7-16/h2-4,6-7,9-12,15,19H,5,8,13-14H2,1H3/t19-/m0/s1. The van der Waals surface area contributed by atoms with Gasteiger partial charge in [-0.15, -0.1) is 11.3 Å². The minimum absolute atomic E-state index is 0.0709. The molecule has 6 heteroatoms. The summed E-state index contributed by atoms with van der Waals surface area (Å²) < 4.78 is 0.886. The molecule has 148 valence electrons. The van der Waals surface area contributed by atoms with E-state index in [1.54, 1.807) is 4.90 Å². The maximum atomic E-state index is 13.0. The van der Waals surface area contributed by atoms with E-state index in [-0.39, 0.29) is 17.6 Å². The highest BCUT2D eigenvalue weighted by atomic mass is 32.2. The summed E-state index contributed by atoms with van der Waals surface area (Å²) >= 11 is 3.02. The van der Waals surface area contributed by atoms with E-state index in [2.05, 4.69) is 17.1 Å². The number of aromatic nitrogens is 1. The van der Waals surface area contributed by atoms with Crippen LogP contribution in [0.4, 0.5) is 0 Å². The maximum absolute atomic E-state index is 13.0. The number of piperidine rings is 1. The van der Waals surface area contributed by atoms with Crippen LogP contribution in [-0.4, -0.2) is 40.9 Å². The van der Waals surface area contributed by atoms with Crippen LogP contribution in [0.15, 0.2) is 64.3 Å². The Morgan fingerprint density at radius 2 is 1.79 bits per heavy atom. The first kappa shape index (κ1) is 19.9. The first-order chi connectivity index (χ1) is 14.2. The number of rotatable bonds is 5. The van der Waals surface area contributed by atoms with Gasteiger partial charge >= 0.3 is 0 Å². The van der Waals surface area contributed by atoms with Crippen molar-refractivity contribution in [3.8, 4) is 11.1 Å². The van der Waals surface area contributed by atoms with Crippen LogP contribution in [0.2, 0.25) is 0 Å². The van der Waals surface area contributed by atoms with Crippen molar-refractivity contribution in [2.24, 2.45) is 5.92 Å². The number of carbonyl (C=O) groups excluding carboxylic acids is 2. The van der Waals surface area contributed by atoms with E-state index < -0.39 is 0 Å². The van der Waals surface area contributed by atoms with Gasteiger partial charge in [-0.25, -0.2) is 4.98 Å². The molecule has 0 aliphatic carbocycles. The molecule has 29 heavy (non-hydrogen) atoms. The van der Waals surface area contributed by atoms with Crippen molar-refractivity contribution in [2.75, 3.05) is 19.3 Å². The van der Waals surface area contributed by atoms with Gasteiger partial charge in [-0.2, -0.15) is 0 Å². The summed E-state index contributed by atoms with van der Waals surface area (Å²) in [6.45, 7) is 1.14. The lowest BCUT2D eigenvalue weighted by Gasteiger charge is -2.31. The van der Waals surface area contributed by atoms with Crippen molar-refractivity contribution >= 4 is 34.8 Å². The Morgan fingerprint density at radius 1 is 1.07 bits per heavy atom. The molecule has 0 saturated carbocycles. The lowest BCUT2D eigenvalue weighted by Crippen LogP contribution is -2.42. The molecule has 2 aromatic carbocycles. The van der Waals surface area contributed by atoms with Gasteiger partial charge in [0.2, 0.25) is 0 Å². The molecular formula is C23H22N2O2S2. The molecule has 0 unspecified atom stereocenters. The predicted molar refractivity (Wildman–Crippen MR) is 119 cm³/mol. The van der Waals surface area contributed by atoms with Gasteiger partial charge < -0.3 is 4.90 Å². The predicted octanol–water partition coefficient (Wildman–Crippen LogP) is 5.27. The molecule has 1 aliphatic heterocycles. The van der Waals surface area contributed by atoms with Crippen molar-refractivity contribution in [1.82, 2.24) is 9.88 Å². The number of carbonyl (C=O) groups is 2. The fraction of sp³-hybridized carbons (Fsp3) is 0.261. The van der Waals surface area contributed by atoms with Crippen molar-refractivity contribution < 1.29 is 9.59 Å². The molecule has 1 saturated heterocycles. The Kier molecular flexibility index (Phi) is 6.11. The zero-order chi connectivity index (χ0) is 20.2. The SMILES string of the molecule is CSc1nc(C(=O)N2CCC[C@H](C(=O)c3ccc(-c4ccccc4)cc3)C2)cs1. The number of hydrogen-bond acceptors (Lipinski definition) is 5. The first-order valence-electron chi connectivity index (χ1n) is 9.64. The Balaban J connectivity index is 1.45. The van der Waals surface area contributed by atoms with E-state index in [0.717, 1.165) is 28.3 Å². The van der Waals surface area contributed by atoms with Gasteiger partial charge in [-0.05, 0) is 30.2 Å². The fourth-order valence-electron chi connectivity index (χ4n) is 3.68. The van der Waals surface area contributed by atoms with Gasteiger partial charge in [0.25, 0.3) is 5.91 Å². The van der Waals surface area contributed by atoms with Gasteiger partial charge in [0.15, 0.2) is 5.78 Å². The summed E-state index contributed by atoms with van der Waals surface area (Å²) in [4.78, 5) is 32.0. The smallest absolute Gasteiger partial charge is 0.273 e. The van der Waals surface area contributed by atoms with Crippen molar-refractivity contribution in [3.63, 3.8) is 0 Å². The van der Waals surface area contributed by atoms with Gasteiger partial charge in [0.1, 0.15) is 10.0 Å². The molecule has 1 amide bonds. The zero-order valence-corrected chi connectivity index (χ0v) is 17.8. The number of amides is 1. The van der Waals surface area contributed by atoms with Crippen molar-refractivity contribution in [2.45, 2.75) is 17.2 Å². The number of thioether (sulfide) groups is 1. The van der Waals surface area contributed by atoms with Gasteiger partial charge in [-0.1, -0.05) is 66.4 Å².